The van der Waals surface area contributed by atoms with E-state index in [1.54, 1.807) is 34.6 Å². The van der Waals surface area contributed by atoms with Crippen LogP contribution in [0.2, 0.25) is 0 Å². The second-order valence-electron chi connectivity index (χ2n) is 8.41. The van der Waals surface area contributed by atoms with Crippen LogP contribution < -0.4 is 0 Å². The second-order valence-corrected chi connectivity index (χ2v) is 8.41. The Morgan fingerprint density at radius 2 is 1.65 bits per heavy atom. The van der Waals surface area contributed by atoms with Crippen molar-refractivity contribution in [2.24, 2.45) is 0 Å². The average Bonchev–Trinajstić information content (AvgIpc) is 2.99. The van der Waals surface area contributed by atoms with Crippen molar-refractivity contribution in [1.29, 1.82) is 0 Å². The van der Waals surface area contributed by atoms with Crippen LogP contribution in [0.4, 0.5) is 4.79 Å². The number of hydrogen-bond donors (Lipinski definition) is 0. The van der Waals surface area contributed by atoms with Crippen molar-refractivity contribution in [3.8, 4) is 12.3 Å². The summed E-state index contributed by atoms with van der Waals surface area (Å²) in [7, 11) is 4.45. The normalized spacial score (nSPS) is 21.4. The van der Waals surface area contributed by atoms with Gasteiger partial charge >= 0.3 is 6.09 Å². The van der Waals surface area contributed by atoms with Crippen LogP contribution in [0.25, 0.3) is 0 Å². The first kappa shape index (κ1) is 27.6. The van der Waals surface area contributed by atoms with E-state index in [2.05, 4.69) is 5.92 Å². The number of methoxy groups -OCH3 is 3. The van der Waals surface area contributed by atoms with Gasteiger partial charge in [0.2, 0.25) is 0 Å². The number of hydrogen-bond acceptors (Lipinski definition) is 9. The minimum atomic E-state index is -0.952. The SMILES string of the molecule is C#C[C@H](OCOC)[C@H](OCOC)[C@@H](OCOC)[C@@H]1COC(C)(C)N1C(=O)OC(C)(C)C. The number of ether oxygens (including phenoxy) is 8. The first-order chi connectivity index (χ1) is 14.5. The van der Waals surface area contributed by atoms with Gasteiger partial charge in [0, 0.05) is 21.3 Å². The molecule has 1 saturated heterocycles. The molecule has 0 saturated carbocycles. The lowest BCUT2D eigenvalue weighted by molar-refractivity contribution is -0.207. The monoisotopic (exact) mass is 447 g/mol. The largest absolute Gasteiger partial charge is 0.444 e. The highest BCUT2D eigenvalue weighted by atomic mass is 16.7. The Morgan fingerprint density at radius 3 is 2.16 bits per heavy atom. The molecule has 10 nitrogen and oxygen atoms in total. The standard InChI is InChI=1S/C21H37NO9/c1-10-16(27-12-24-7)18(29-14-26-9)17(28-13-25-8)15-11-30-21(5,6)22(15)19(23)31-20(2,3)4/h1,15-18H,11-14H2,2-9H3/t15-,16-,17-,18-/m0/s1. The summed E-state index contributed by atoms with van der Waals surface area (Å²) in [6.45, 7) is 8.88. The molecular formula is C21H37NO9. The number of nitrogens with zero attached hydrogens (tertiary/aromatic N) is 1. The molecule has 4 atom stereocenters. The maximum absolute atomic E-state index is 13.1. The van der Waals surface area contributed by atoms with E-state index in [1.165, 1.54) is 26.2 Å². The fourth-order valence-corrected chi connectivity index (χ4v) is 3.19. The Kier molecular flexibility index (Phi) is 11.2. The number of amides is 1. The van der Waals surface area contributed by atoms with Gasteiger partial charge in [-0.1, -0.05) is 5.92 Å². The van der Waals surface area contributed by atoms with Crippen molar-refractivity contribution >= 4 is 6.09 Å². The van der Waals surface area contributed by atoms with Crippen molar-refractivity contribution in [2.45, 2.75) is 70.3 Å². The van der Waals surface area contributed by atoms with Crippen LogP contribution in [0.1, 0.15) is 34.6 Å². The van der Waals surface area contributed by atoms with Gasteiger partial charge in [-0.3, -0.25) is 4.90 Å². The molecule has 0 aromatic heterocycles. The Morgan fingerprint density at radius 1 is 1.10 bits per heavy atom. The van der Waals surface area contributed by atoms with Crippen molar-refractivity contribution in [2.75, 3.05) is 48.3 Å². The number of rotatable bonds is 12. The number of terminal acetylenes is 1. The smallest absolute Gasteiger partial charge is 0.412 e. The molecule has 0 aliphatic carbocycles. The van der Waals surface area contributed by atoms with Crippen molar-refractivity contribution in [3.05, 3.63) is 0 Å². The Balaban J connectivity index is 3.32. The highest BCUT2D eigenvalue weighted by Gasteiger charge is 2.52. The van der Waals surface area contributed by atoms with Crippen molar-refractivity contribution in [1.82, 2.24) is 4.90 Å². The van der Waals surface area contributed by atoms with Gasteiger partial charge in [-0.05, 0) is 34.6 Å². The predicted octanol–water partition coefficient (Wildman–Crippen LogP) is 1.96. The van der Waals surface area contributed by atoms with E-state index in [0.29, 0.717) is 0 Å². The van der Waals surface area contributed by atoms with Crippen LogP contribution in [0.3, 0.4) is 0 Å². The molecule has 1 amide bonds. The lowest BCUT2D eigenvalue weighted by Crippen LogP contribution is -2.58. The zero-order valence-corrected chi connectivity index (χ0v) is 19.8. The Bertz CT molecular complexity index is 584. The molecule has 0 bridgehead atoms. The Hall–Kier alpha value is -1.45. The molecular weight excluding hydrogens is 410 g/mol. The molecule has 0 spiro atoms. The predicted molar refractivity (Wildman–Crippen MR) is 111 cm³/mol. The number of carbonyl (C=O) groups excluding carboxylic acids is 1. The molecule has 1 fully saturated rings. The van der Waals surface area contributed by atoms with Gasteiger partial charge in [0.25, 0.3) is 0 Å². The summed E-state index contributed by atoms with van der Waals surface area (Å²) in [4.78, 5) is 14.6. The summed E-state index contributed by atoms with van der Waals surface area (Å²) in [5.41, 5.74) is -1.65. The summed E-state index contributed by atoms with van der Waals surface area (Å²) >= 11 is 0. The van der Waals surface area contributed by atoms with E-state index in [-0.39, 0.29) is 27.0 Å². The van der Waals surface area contributed by atoms with Gasteiger partial charge in [0.1, 0.15) is 50.0 Å². The fourth-order valence-electron chi connectivity index (χ4n) is 3.19. The van der Waals surface area contributed by atoms with Gasteiger partial charge in [-0.25, -0.2) is 4.79 Å². The molecule has 10 heteroatoms. The van der Waals surface area contributed by atoms with Gasteiger partial charge in [-0.2, -0.15) is 0 Å². The molecule has 1 heterocycles. The summed E-state index contributed by atoms with van der Waals surface area (Å²) in [5, 5.41) is 0. The maximum Gasteiger partial charge on any atom is 0.412 e. The van der Waals surface area contributed by atoms with Crippen LogP contribution in [-0.2, 0) is 37.9 Å². The number of carbonyl (C=O) groups is 1. The highest BCUT2D eigenvalue weighted by Crippen LogP contribution is 2.34. The van der Waals surface area contributed by atoms with Gasteiger partial charge in [0.15, 0.2) is 0 Å². The highest BCUT2D eigenvalue weighted by molar-refractivity contribution is 5.70. The Labute approximate surface area is 185 Å². The van der Waals surface area contributed by atoms with E-state index in [9.17, 15) is 4.79 Å². The molecule has 0 aromatic rings. The molecule has 1 aliphatic heterocycles. The third-order valence-electron chi connectivity index (χ3n) is 4.40. The zero-order chi connectivity index (χ0) is 23.7. The lowest BCUT2D eigenvalue weighted by atomic mass is 9.99. The summed E-state index contributed by atoms with van der Waals surface area (Å²) in [6.07, 6.45) is 2.68. The first-order valence-corrected chi connectivity index (χ1v) is 9.96. The minimum absolute atomic E-state index is 0.0544. The summed E-state index contributed by atoms with van der Waals surface area (Å²) < 4.78 is 44.1. The molecule has 0 radical (unpaired) electrons. The second kappa shape index (κ2) is 12.6. The minimum Gasteiger partial charge on any atom is -0.444 e. The van der Waals surface area contributed by atoms with Crippen LogP contribution in [-0.4, -0.2) is 95.0 Å². The van der Waals surface area contributed by atoms with E-state index in [1.807, 2.05) is 0 Å². The van der Waals surface area contributed by atoms with Gasteiger partial charge < -0.3 is 37.9 Å². The molecule has 31 heavy (non-hydrogen) atoms. The first-order valence-electron chi connectivity index (χ1n) is 9.96. The van der Waals surface area contributed by atoms with Crippen LogP contribution in [0.15, 0.2) is 0 Å². The summed E-state index contributed by atoms with van der Waals surface area (Å²) in [6, 6.07) is -0.608. The quantitative estimate of drug-likeness (QED) is 0.329. The van der Waals surface area contributed by atoms with Crippen molar-refractivity contribution < 1.29 is 42.7 Å². The van der Waals surface area contributed by atoms with Crippen LogP contribution in [0, 0.1) is 12.3 Å². The fraction of sp³-hybridized carbons (Fsp3) is 0.857. The molecule has 0 N–H and O–H groups in total. The molecule has 180 valence electrons. The molecule has 0 aromatic carbocycles. The molecule has 0 unspecified atom stereocenters. The summed E-state index contributed by atoms with van der Waals surface area (Å²) in [5.74, 6) is 2.55. The van der Waals surface area contributed by atoms with Crippen LogP contribution >= 0.6 is 0 Å². The van der Waals surface area contributed by atoms with Crippen molar-refractivity contribution in [3.63, 3.8) is 0 Å². The van der Waals surface area contributed by atoms with E-state index < -0.39 is 41.8 Å². The lowest BCUT2D eigenvalue weighted by Gasteiger charge is -2.40. The van der Waals surface area contributed by atoms with E-state index >= 15 is 0 Å². The van der Waals surface area contributed by atoms with Crippen LogP contribution in [0.5, 0.6) is 0 Å². The van der Waals surface area contributed by atoms with Gasteiger partial charge in [0.05, 0.1) is 12.6 Å². The third-order valence-corrected chi connectivity index (χ3v) is 4.40. The molecule has 1 aliphatic rings. The molecule has 1 rings (SSSR count). The van der Waals surface area contributed by atoms with E-state index in [4.69, 9.17) is 44.3 Å². The van der Waals surface area contributed by atoms with Gasteiger partial charge in [-0.15, -0.1) is 6.42 Å². The van der Waals surface area contributed by atoms with E-state index in [0.717, 1.165) is 0 Å². The average molecular weight is 448 g/mol. The zero-order valence-electron chi connectivity index (χ0n) is 19.8. The topological polar surface area (TPSA) is 94.2 Å². The third kappa shape index (κ3) is 8.20. The maximum atomic E-state index is 13.1.